The van der Waals surface area contributed by atoms with E-state index in [-0.39, 0.29) is 12.4 Å². The van der Waals surface area contributed by atoms with E-state index >= 15 is 0 Å². The lowest BCUT2D eigenvalue weighted by atomic mass is 10.1. The topological polar surface area (TPSA) is 39.7 Å². The van der Waals surface area contributed by atoms with Crippen LogP contribution in [0.5, 0.6) is 11.5 Å². The van der Waals surface area contributed by atoms with Crippen LogP contribution in [0.4, 0.5) is 4.39 Å². The third-order valence-electron chi connectivity index (χ3n) is 3.83. The van der Waals surface area contributed by atoms with Gasteiger partial charge in [-0.25, -0.2) is 4.39 Å². The van der Waals surface area contributed by atoms with Crippen LogP contribution in [0, 0.1) is 5.82 Å². The van der Waals surface area contributed by atoms with Gasteiger partial charge >= 0.3 is 0 Å². The Labute approximate surface area is 159 Å². The van der Waals surface area contributed by atoms with Gasteiger partial charge in [0.25, 0.3) is 0 Å². The highest BCUT2D eigenvalue weighted by molar-refractivity contribution is 6.31. The van der Waals surface area contributed by atoms with E-state index in [0.717, 1.165) is 37.3 Å². The fourth-order valence-electron chi connectivity index (χ4n) is 2.48. The minimum Gasteiger partial charge on any atom is -0.493 e. The Morgan fingerprint density at radius 1 is 1.15 bits per heavy atom. The van der Waals surface area contributed by atoms with E-state index in [0.29, 0.717) is 23.1 Å². The monoisotopic (exact) mass is 381 g/mol. The molecule has 1 N–H and O–H groups in total. The Kier molecular flexibility index (Phi) is 8.68. The second-order valence-corrected chi connectivity index (χ2v) is 6.11. The molecule has 2 rings (SSSR count). The van der Waals surface area contributed by atoms with E-state index < -0.39 is 0 Å². The molecule has 0 bridgehead atoms. The van der Waals surface area contributed by atoms with E-state index in [1.165, 1.54) is 12.1 Å². The number of para-hydroxylation sites is 1. The van der Waals surface area contributed by atoms with E-state index in [2.05, 4.69) is 5.32 Å². The quantitative estimate of drug-likeness (QED) is 0.578. The van der Waals surface area contributed by atoms with Crippen LogP contribution in [0.25, 0.3) is 0 Å². The Bertz CT molecular complexity index is 697. The van der Waals surface area contributed by atoms with Crippen LogP contribution in [-0.4, -0.2) is 26.9 Å². The van der Waals surface area contributed by atoms with Crippen molar-refractivity contribution in [2.45, 2.75) is 26.5 Å². The normalized spacial score (nSPS) is 10.8. The van der Waals surface area contributed by atoms with E-state index in [9.17, 15) is 4.39 Å². The smallest absolute Gasteiger partial charge is 0.166 e. The Morgan fingerprint density at radius 2 is 2.00 bits per heavy atom. The van der Waals surface area contributed by atoms with Crippen molar-refractivity contribution in [1.82, 2.24) is 5.32 Å². The SMILES string of the molecule is CCOCCCNCc1cccc(OC)c1OCc1ccc(F)cc1Cl. The molecule has 0 saturated heterocycles. The van der Waals surface area contributed by atoms with Gasteiger partial charge in [-0.15, -0.1) is 0 Å². The van der Waals surface area contributed by atoms with Gasteiger partial charge in [0.05, 0.1) is 12.1 Å². The minimum absolute atomic E-state index is 0.233. The van der Waals surface area contributed by atoms with Crippen molar-refractivity contribution < 1.29 is 18.6 Å². The molecule has 0 unspecified atom stereocenters. The maximum atomic E-state index is 13.2. The molecule has 0 radical (unpaired) electrons. The summed E-state index contributed by atoms with van der Waals surface area (Å²) < 4.78 is 29.9. The summed E-state index contributed by atoms with van der Waals surface area (Å²) in [4.78, 5) is 0. The van der Waals surface area contributed by atoms with Gasteiger partial charge in [-0.2, -0.15) is 0 Å². The zero-order valence-corrected chi connectivity index (χ0v) is 15.9. The molecule has 2 aromatic rings. The maximum Gasteiger partial charge on any atom is 0.166 e. The first-order valence-corrected chi connectivity index (χ1v) is 9.04. The fraction of sp³-hybridized carbons (Fsp3) is 0.400. The summed E-state index contributed by atoms with van der Waals surface area (Å²) in [6, 6.07) is 10.0. The molecular formula is C20H25ClFNO3. The highest BCUT2D eigenvalue weighted by Gasteiger charge is 2.12. The number of halogens is 2. The number of nitrogens with one attached hydrogen (secondary N) is 1. The average Bonchev–Trinajstić information content (AvgIpc) is 2.64. The molecule has 0 aliphatic rings. The first kappa shape index (κ1) is 20.5. The molecule has 4 nitrogen and oxygen atoms in total. The summed E-state index contributed by atoms with van der Waals surface area (Å²) in [6.45, 7) is 5.20. The van der Waals surface area contributed by atoms with Crippen molar-refractivity contribution in [3.8, 4) is 11.5 Å². The van der Waals surface area contributed by atoms with Crippen molar-refractivity contribution in [1.29, 1.82) is 0 Å². The summed E-state index contributed by atoms with van der Waals surface area (Å²) in [5.74, 6) is 0.942. The van der Waals surface area contributed by atoms with Gasteiger partial charge in [0, 0.05) is 30.9 Å². The first-order chi connectivity index (χ1) is 12.7. The van der Waals surface area contributed by atoms with Gasteiger partial charge in [-0.3, -0.25) is 0 Å². The van der Waals surface area contributed by atoms with Crippen LogP contribution in [0.2, 0.25) is 5.02 Å². The van der Waals surface area contributed by atoms with Gasteiger partial charge in [-0.05, 0) is 38.1 Å². The van der Waals surface area contributed by atoms with E-state index in [1.54, 1.807) is 13.2 Å². The molecule has 26 heavy (non-hydrogen) atoms. The van der Waals surface area contributed by atoms with Crippen molar-refractivity contribution in [2.75, 3.05) is 26.9 Å². The molecule has 0 aliphatic carbocycles. The van der Waals surface area contributed by atoms with Crippen LogP contribution >= 0.6 is 11.6 Å². The van der Waals surface area contributed by atoms with Crippen LogP contribution in [-0.2, 0) is 17.9 Å². The van der Waals surface area contributed by atoms with Crippen molar-refractivity contribution >= 4 is 11.6 Å². The van der Waals surface area contributed by atoms with Crippen LogP contribution < -0.4 is 14.8 Å². The number of benzene rings is 2. The molecule has 2 aromatic carbocycles. The first-order valence-electron chi connectivity index (χ1n) is 8.66. The number of hydrogen-bond donors (Lipinski definition) is 1. The van der Waals surface area contributed by atoms with Crippen molar-refractivity contribution in [3.63, 3.8) is 0 Å². The minimum atomic E-state index is -0.368. The lowest BCUT2D eigenvalue weighted by molar-refractivity contribution is 0.144. The van der Waals surface area contributed by atoms with Crippen LogP contribution in [0.1, 0.15) is 24.5 Å². The van der Waals surface area contributed by atoms with E-state index in [1.807, 2.05) is 25.1 Å². The summed E-state index contributed by atoms with van der Waals surface area (Å²) >= 11 is 6.08. The van der Waals surface area contributed by atoms with Gasteiger partial charge in [0.1, 0.15) is 12.4 Å². The number of rotatable bonds is 11. The van der Waals surface area contributed by atoms with Crippen LogP contribution in [0.3, 0.4) is 0 Å². The molecule has 142 valence electrons. The zero-order chi connectivity index (χ0) is 18.8. The third kappa shape index (κ3) is 6.16. The highest BCUT2D eigenvalue weighted by Crippen LogP contribution is 2.32. The molecule has 0 amide bonds. The van der Waals surface area contributed by atoms with Crippen molar-refractivity contribution in [2.24, 2.45) is 0 Å². The van der Waals surface area contributed by atoms with Crippen LogP contribution in [0.15, 0.2) is 36.4 Å². The molecule has 6 heteroatoms. The molecule has 0 aromatic heterocycles. The lowest BCUT2D eigenvalue weighted by Crippen LogP contribution is -2.17. The predicted octanol–water partition coefficient (Wildman–Crippen LogP) is 4.58. The maximum absolute atomic E-state index is 13.2. The Balaban J connectivity index is 2.01. The van der Waals surface area contributed by atoms with Gasteiger partial charge in [-0.1, -0.05) is 29.8 Å². The summed E-state index contributed by atoms with van der Waals surface area (Å²) in [5, 5.41) is 3.72. The largest absolute Gasteiger partial charge is 0.493 e. The predicted molar refractivity (Wildman–Crippen MR) is 102 cm³/mol. The molecule has 0 saturated carbocycles. The molecule has 0 aliphatic heterocycles. The molecule has 0 spiro atoms. The second-order valence-electron chi connectivity index (χ2n) is 5.70. The number of methoxy groups -OCH3 is 1. The Morgan fingerprint density at radius 3 is 2.73 bits per heavy atom. The molecule has 0 heterocycles. The summed E-state index contributed by atoms with van der Waals surface area (Å²) in [7, 11) is 1.60. The lowest BCUT2D eigenvalue weighted by Gasteiger charge is -2.16. The summed E-state index contributed by atoms with van der Waals surface area (Å²) in [6.07, 6.45) is 0.944. The number of ether oxygens (including phenoxy) is 3. The second kappa shape index (κ2) is 11.0. The van der Waals surface area contributed by atoms with Gasteiger partial charge < -0.3 is 19.5 Å². The zero-order valence-electron chi connectivity index (χ0n) is 15.2. The fourth-order valence-corrected chi connectivity index (χ4v) is 2.70. The van der Waals surface area contributed by atoms with Gasteiger partial charge in [0.15, 0.2) is 11.5 Å². The molecular weight excluding hydrogens is 357 g/mol. The van der Waals surface area contributed by atoms with E-state index in [4.69, 9.17) is 25.8 Å². The standard InChI is InChI=1S/C20H25ClFNO3/c1-3-25-11-5-10-23-13-15-6-4-7-19(24-2)20(15)26-14-16-8-9-17(22)12-18(16)21/h4,6-9,12,23H,3,5,10-11,13-14H2,1-2H3. The average molecular weight is 382 g/mol. The van der Waals surface area contributed by atoms with Gasteiger partial charge in [0.2, 0.25) is 0 Å². The number of hydrogen-bond acceptors (Lipinski definition) is 4. The third-order valence-corrected chi connectivity index (χ3v) is 4.18. The molecule has 0 atom stereocenters. The highest BCUT2D eigenvalue weighted by atomic mass is 35.5. The summed E-state index contributed by atoms with van der Waals surface area (Å²) in [5.41, 5.74) is 1.70. The molecule has 0 fully saturated rings. The Hall–Kier alpha value is -1.82. The van der Waals surface area contributed by atoms with Crippen molar-refractivity contribution in [3.05, 3.63) is 58.4 Å².